The number of rotatable bonds is 40. The second-order valence-corrected chi connectivity index (χ2v) is 35.3. The van der Waals surface area contributed by atoms with E-state index in [2.05, 4.69) is 69.1 Å². The molecule has 0 aromatic heterocycles. The Labute approximate surface area is 695 Å². The number of nitrogens with two attached hydrogens (primary N) is 1. The molecule has 3 saturated heterocycles. The fourth-order valence-electron chi connectivity index (χ4n) is 13.9. The quantitative estimate of drug-likeness (QED) is 0.0334. The van der Waals surface area contributed by atoms with Crippen LogP contribution in [0, 0.1) is 5.92 Å². The fraction of sp³-hybridized carbons (Fsp3) is 0.646. The van der Waals surface area contributed by atoms with Crippen molar-refractivity contribution in [1.29, 1.82) is 0 Å². The SMILES string of the molecule is CC[C@](C)(NC(=O)C(C)(C)NC(=O)C(C)(C)NC(=O)C(C)(C)NC(=O)[C@H](Cc1ccccc1)NC(C)=O)C(=O)NCC(=O)N[C@@H](CC(C)C)C(=O)NC(C)(C)C(=O)NC(C)(C)C(=O)N1C[C@H](O)C[C@H]1C(=O)N[C@@H](CCC(N)=O)C(=O)N[C@@](C)(CC)C(=O)N1C[C@H](O)C[C@H]1C(=O)NC(C)(C)C(=O)N1CCC[C@H]1C(=O)N[C@H](CO)Cc1ccccc1. The van der Waals surface area contributed by atoms with Gasteiger partial charge in [0.1, 0.15) is 80.6 Å². The summed E-state index contributed by atoms with van der Waals surface area (Å²) in [6.45, 7) is 25.2. The Bertz CT molecular complexity index is 4080. The van der Waals surface area contributed by atoms with Gasteiger partial charge in [0.25, 0.3) is 0 Å². The monoisotopic (exact) mass is 1670 g/mol. The summed E-state index contributed by atoms with van der Waals surface area (Å²) in [5, 5.41) is 66.2. The van der Waals surface area contributed by atoms with E-state index in [-0.39, 0.29) is 64.1 Å². The lowest BCUT2D eigenvalue weighted by Crippen LogP contribution is -2.68. The van der Waals surface area contributed by atoms with Crippen LogP contribution in [0.5, 0.6) is 0 Å². The molecule has 37 nitrogen and oxygen atoms in total. The summed E-state index contributed by atoms with van der Waals surface area (Å²) in [4.78, 5) is 240. The number of carbonyl (C=O) groups excluding carboxylic acids is 17. The van der Waals surface area contributed by atoms with Crippen molar-refractivity contribution in [2.24, 2.45) is 11.7 Å². The average Bonchev–Trinajstić information content (AvgIpc) is 1.70. The van der Waals surface area contributed by atoms with Crippen molar-refractivity contribution in [3.05, 3.63) is 71.8 Å². The second-order valence-electron chi connectivity index (χ2n) is 35.3. The van der Waals surface area contributed by atoms with Crippen molar-refractivity contribution >= 4 is 100 Å². The average molecular weight is 1670 g/mol. The normalized spacial score (nSPS) is 19.1. The number of carbonyl (C=O) groups is 17. The minimum atomic E-state index is -1.91. The highest BCUT2D eigenvalue weighted by atomic mass is 16.3. The highest BCUT2D eigenvalue weighted by Gasteiger charge is 2.52. The predicted octanol–water partition coefficient (Wildman–Crippen LogP) is -2.30. The van der Waals surface area contributed by atoms with Crippen LogP contribution in [0.15, 0.2) is 60.7 Å². The Morgan fingerprint density at radius 1 is 0.462 bits per heavy atom. The number of aliphatic hydroxyl groups is 3. The Hall–Kier alpha value is -10.7. The molecule has 0 unspecified atom stereocenters. The highest BCUT2D eigenvalue weighted by Crippen LogP contribution is 2.29. The zero-order valence-corrected chi connectivity index (χ0v) is 72.1. The van der Waals surface area contributed by atoms with Crippen LogP contribution in [-0.4, -0.2) is 262 Å². The number of hydrogen-bond acceptors (Lipinski definition) is 20. The van der Waals surface area contributed by atoms with E-state index in [1.165, 1.54) is 109 Å². The number of primary amides is 1. The summed E-state index contributed by atoms with van der Waals surface area (Å²) in [5.74, 6) is -14.0. The molecule has 11 atom stereocenters. The van der Waals surface area contributed by atoms with Gasteiger partial charge in [0.05, 0.1) is 31.4 Å². The highest BCUT2D eigenvalue weighted by molar-refractivity contribution is 6.04. The maximum Gasteiger partial charge on any atom is 0.248 e. The molecule has 0 radical (unpaired) electrons. The third-order valence-electron chi connectivity index (χ3n) is 21.6. The Morgan fingerprint density at radius 2 is 0.891 bits per heavy atom. The maximum atomic E-state index is 14.8. The molecule has 0 spiro atoms. The first kappa shape index (κ1) is 98.9. The molecular formula is C82H127N17O20. The van der Waals surface area contributed by atoms with Crippen LogP contribution in [0.1, 0.15) is 200 Å². The van der Waals surface area contributed by atoms with Gasteiger partial charge in [0, 0.05) is 52.2 Å². The first-order chi connectivity index (χ1) is 55.0. The molecule has 3 heterocycles. The van der Waals surface area contributed by atoms with Crippen LogP contribution in [0.3, 0.4) is 0 Å². The lowest BCUT2D eigenvalue weighted by molar-refractivity contribution is -0.149. The molecule has 18 N–H and O–H groups in total. The lowest BCUT2D eigenvalue weighted by Gasteiger charge is -2.38. The first-order valence-electron chi connectivity index (χ1n) is 40.3. The molecule has 37 heteroatoms. The molecule has 119 heavy (non-hydrogen) atoms. The molecule has 3 aliphatic heterocycles. The summed E-state index contributed by atoms with van der Waals surface area (Å²) in [6.07, 6.45) is -3.11. The van der Waals surface area contributed by atoms with Crippen molar-refractivity contribution in [2.75, 3.05) is 32.8 Å². The van der Waals surface area contributed by atoms with E-state index in [0.29, 0.717) is 19.3 Å². The van der Waals surface area contributed by atoms with E-state index < -0.39 is 225 Å². The molecular weight excluding hydrogens is 1540 g/mol. The zero-order valence-electron chi connectivity index (χ0n) is 72.1. The van der Waals surface area contributed by atoms with E-state index >= 15 is 0 Å². The van der Waals surface area contributed by atoms with E-state index in [4.69, 9.17) is 5.73 Å². The van der Waals surface area contributed by atoms with Crippen molar-refractivity contribution in [3.8, 4) is 0 Å². The van der Waals surface area contributed by atoms with Crippen LogP contribution in [0.4, 0.5) is 0 Å². The number of amides is 17. The molecule has 3 aliphatic rings. The Morgan fingerprint density at radius 3 is 1.37 bits per heavy atom. The van der Waals surface area contributed by atoms with Gasteiger partial charge >= 0.3 is 0 Å². The molecule has 2 aromatic carbocycles. The van der Waals surface area contributed by atoms with Crippen LogP contribution in [-0.2, 0) is 94.3 Å². The number of nitrogens with zero attached hydrogens (tertiary/aromatic N) is 3. The minimum Gasteiger partial charge on any atom is -0.394 e. The number of aliphatic hydroxyl groups excluding tert-OH is 3. The Kier molecular flexibility index (Phi) is 33.9. The van der Waals surface area contributed by atoms with Crippen LogP contribution in [0.2, 0.25) is 0 Å². The molecule has 3 fully saturated rings. The van der Waals surface area contributed by atoms with Gasteiger partial charge in [0.15, 0.2) is 0 Å². The van der Waals surface area contributed by atoms with Gasteiger partial charge in [-0.05, 0) is 159 Å². The van der Waals surface area contributed by atoms with Crippen molar-refractivity contribution in [2.45, 2.75) is 301 Å². The van der Waals surface area contributed by atoms with Crippen molar-refractivity contribution in [1.82, 2.24) is 83.8 Å². The minimum absolute atomic E-state index is 0.00834. The van der Waals surface area contributed by atoms with Gasteiger partial charge in [-0.1, -0.05) is 88.4 Å². The second kappa shape index (κ2) is 40.8. The standard InChI is InChI=1S/C82H127N17O20/c1-20-81(18,96-70(115)78(12,13)94-69(114)77(10,11)93-67(112)75(6,7)90-63(108)55(85-47(5)101)39-49-31-26-23-27-32-49)71(116)84-42-60(105)87-54(37-46(3)4)62(107)89-76(8,9)68(113)95-80(16,17)73(118)98-43-51(102)40-57(98)65(110)88-53(34-35-59(83)104)61(106)92-82(19,21-2)74(119)99-44-52(103)41-58(99)66(111)91-79(14,15)72(117)97-36-28-33-56(97)64(109)86-50(45-100)38-48-29-24-22-25-30-48/h22-27,29-32,46,50-58,100,102-103H,20-21,28,33-45H2,1-19H3,(H2,83,104)(H,84,116)(H,85,101)(H,86,109)(H,87,105)(H,88,110)(H,89,107)(H,90,108)(H,91,111)(H,92,106)(H,93,112)(H,94,114)(H,95,113)(H,96,115)/t50-,51+,52+,53-,54-,55-,56-,57-,58-,81-,82-/m0/s1. The summed E-state index contributed by atoms with van der Waals surface area (Å²) in [6, 6.07) is 9.58. The molecule has 5 rings (SSSR count). The number of hydrogen-bond donors (Lipinski definition) is 17. The third-order valence-corrected chi connectivity index (χ3v) is 21.6. The topological polar surface area (TPSA) is 543 Å². The van der Waals surface area contributed by atoms with Crippen LogP contribution < -0.4 is 74.9 Å². The van der Waals surface area contributed by atoms with E-state index in [9.17, 15) is 96.8 Å². The van der Waals surface area contributed by atoms with Gasteiger partial charge < -0.3 is 105 Å². The number of benzene rings is 2. The van der Waals surface area contributed by atoms with Crippen LogP contribution >= 0.6 is 0 Å². The van der Waals surface area contributed by atoms with Gasteiger partial charge in [-0.25, -0.2) is 0 Å². The predicted molar refractivity (Wildman–Crippen MR) is 436 cm³/mol. The van der Waals surface area contributed by atoms with E-state index in [1.54, 1.807) is 58.0 Å². The fourth-order valence-corrected chi connectivity index (χ4v) is 13.9. The van der Waals surface area contributed by atoms with Crippen molar-refractivity contribution in [3.63, 3.8) is 0 Å². The third kappa shape index (κ3) is 27.2. The van der Waals surface area contributed by atoms with E-state index in [1.807, 2.05) is 30.3 Å². The van der Waals surface area contributed by atoms with Gasteiger partial charge in [-0.15, -0.1) is 0 Å². The maximum absolute atomic E-state index is 14.8. The molecule has 660 valence electrons. The summed E-state index contributed by atoms with van der Waals surface area (Å²) in [5.41, 5.74) is -6.99. The summed E-state index contributed by atoms with van der Waals surface area (Å²) < 4.78 is 0. The summed E-state index contributed by atoms with van der Waals surface area (Å²) in [7, 11) is 0. The molecule has 0 saturated carbocycles. The van der Waals surface area contributed by atoms with Gasteiger partial charge in [-0.2, -0.15) is 0 Å². The molecule has 2 aromatic rings. The number of nitrogens with one attached hydrogen (secondary N) is 13. The summed E-state index contributed by atoms with van der Waals surface area (Å²) >= 11 is 0. The Balaban J connectivity index is 1.18. The smallest absolute Gasteiger partial charge is 0.248 e. The molecule has 17 amide bonds. The number of β-amino-alcohol motifs (C(OH)–C–C–N with tert-alkyl or cyclic N) is 2. The lowest BCUT2D eigenvalue weighted by atomic mass is 9.93. The van der Waals surface area contributed by atoms with Gasteiger partial charge in [0.2, 0.25) is 100 Å². The van der Waals surface area contributed by atoms with Gasteiger partial charge in [-0.3, -0.25) is 81.5 Å². The van der Waals surface area contributed by atoms with Crippen LogP contribution in [0.25, 0.3) is 0 Å². The van der Waals surface area contributed by atoms with E-state index in [0.717, 1.165) is 20.9 Å². The number of likely N-dealkylation sites (tertiary alicyclic amines) is 3. The molecule has 0 aliphatic carbocycles. The first-order valence-corrected chi connectivity index (χ1v) is 40.3. The largest absolute Gasteiger partial charge is 0.394 e. The zero-order chi connectivity index (χ0) is 90.1. The molecule has 0 bridgehead atoms. The van der Waals surface area contributed by atoms with Crippen molar-refractivity contribution < 1.29 is 96.8 Å².